The maximum atomic E-state index is 12.8. The summed E-state index contributed by atoms with van der Waals surface area (Å²) in [6.45, 7) is 2.28. The van der Waals surface area contributed by atoms with Gasteiger partial charge in [-0.15, -0.1) is 11.3 Å². The van der Waals surface area contributed by atoms with E-state index >= 15 is 0 Å². The molecule has 3 aromatic rings. The molecule has 0 N–H and O–H groups in total. The van der Waals surface area contributed by atoms with Crippen LogP contribution in [0.3, 0.4) is 0 Å². The van der Waals surface area contributed by atoms with Crippen molar-refractivity contribution < 1.29 is 4.79 Å². The molecule has 168 valence electrons. The van der Waals surface area contributed by atoms with Crippen LogP contribution in [0.25, 0.3) is 21.6 Å². The van der Waals surface area contributed by atoms with Gasteiger partial charge in [-0.05, 0) is 51.7 Å². The van der Waals surface area contributed by atoms with Gasteiger partial charge in [-0.1, -0.05) is 77.6 Å². The van der Waals surface area contributed by atoms with Crippen LogP contribution in [0.15, 0.2) is 39.7 Å². The van der Waals surface area contributed by atoms with Crippen molar-refractivity contribution >= 4 is 39.8 Å². The second kappa shape index (κ2) is 14.0. The van der Waals surface area contributed by atoms with E-state index in [1.807, 2.05) is 0 Å². The number of thiophene rings is 3. The Kier molecular flexibility index (Phi) is 11.0. The van der Waals surface area contributed by atoms with Crippen molar-refractivity contribution in [2.45, 2.75) is 90.4 Å². The maximum Gasteiger partial charge on any atom is 0.172 e. The smallest absolute Gasteiger partial charge is 0.172 e. The predicted molar refractivity (Wildman–Crippen MR) is 141 cm³/mol. The second-order valence-corrected chi connectivity index (χ2v) is 11.1. The lowest BCUT2D eigenvalue weighted by molar-refractivity contribution is 0.0983. The van der Waals surface area contributed by atoms with E-state index in [4.69, 9.17) is 0 Å². The number of carbonyl (C=O) groups is 1. The fourth-order valence-corrected chi connectivity index (χ4v) is 6.54. The first-order valence-corrected chi connectivity index (χ1v) is 14.7. The van der Waals surface area contributed by atoms with Crippen LogP contribution in [0.4, 0.5) is 0 Å². The van der Waals surface area contributed by atoms with E-state index in [9.17, 15) is 4.79 Å². The van der Waals surface area contributed by atoms with Crippen molar-refractivity contribution in [3.63, 3.8) is 0 Å². The van der Waals surface area contributed by atoms with Crippen LogP contribution in [0.5, 0.6) is 0 Å². The minimum Gasteiger partial charge on any atom is -0.293 e. The van der Waals surface area contributed by atoms with Crippen LogP contribution < -0.4 is 0 Å². The van der Waals surface area contributed by atoms with Crippen LogP contribution in [-0.4, -0.2) is 5.78 Å². The van der Waals surface area contributed by atoms with Crippen molar-refractivity contribution in [2.75, 3.05) is 0 Å². The molecular formula is C27H36OS3. The van der Waals surface area contributed by atoms with E-state index < -0.39 is 0 Å². The molecule has 0 saturated heterocycles. The summed E-state index contributed by atoms with van der Waals surface area (Å²) in [6.07, 6.45) is 16.6. The molecule has 0 aromatic carbocycles. The molecule has 0 aliphatic carbocycles. The summed E-state index contributed by atoms with van der Waals surface area (Å²) in [5, 5.41) is 8.58. The third-order valence-electron chi connectivity index (χ3n) is 5.88. The Bertz CT molecular complexity index is 807. The highest BCUT2D eigenvalue weighted by Crippen LogP contribution is 2.41. The Labute approximate surface area is 200 Å². The summed E-state index contributed by atoms with van der Waals surface area (Å²) in [5.74, 6) is 0.315. The molecule has 0 amide bonds. The number of rotatable bonds is 16. The lowest BCUT2D eigenvalue weighted by Gasteiger charge is -2.02. The van der Waals surface area contributed by atoms with Crippen LogP contribution in [0.1, 0.15) is 100 Å². The van der Waals surface area contributed by atoms with Gasteiger partial charge < -0.3 is 0 Å². The number of hydrogen-bond acceptors (Lipinski definition) is 4. The molecule has 0 atom stereocenters. The fourth-order valence-electron chi connectivity index (χ4n) is 4.02. The second-order valence-electron chi connectivity index (χ2n) is 8.44. The van der Waals surface area contributed by atoms with E-state index in [-0.39, 0.29) is 0 Å². The lowest BCUT2D eigenvalue weighted by atomic mass is 10.0. The zero-order valence-corrected chi connectivity index (χ0v) is 21.3. The molecule has 3 rings (SSSR count). The summed E-state index contributed by atoms with van der Waals surface area (Å²) in [5.41, 5.74) is 3.68. The molecule has 0 aliphatic rings. The molecule has 0 bridgehead atoms. The molecule has 0 spiro atoms. The molecule has 0 fully saturated rings. The minimum absolute atomic E-state index is 0.315. The molecule has 0 aliphatic heterocycles. The summed E-state index contributed by atoms with van der Waals surface area (Å²) in [6, 6.07) is 6.44. The minimum atomic E-state index is 0.315. The number of Topliss-reactive ketones (excluding diaryl/α,β-unsaturated/α-hetero) is 1. The Hall–Kier alpha value is -1.23. The Morgan fingerprint density at radius 3 is 1.84 bits per heavy atom. The summed E-state index contributed by atoms with van der Waals surface area (Å²) < 4.78 is 0. The number of hydrogen-bond donors (Lipinski definition) is 0. The molecular weight excluding hydrogens is 436 g/mol. The highest BCUT2D eigenvalue weighted by molar-refractivity contribution is 7.18. The summed E-state index contributed by atoms with van der Waals surface area (Å²) >= 11 is 5.09. The van der Waals surface area contributed by atoms with Crippen molar-refractivity contribution in [3.8, 4) is 21.6 Å². The van der Waals surface area contributed by atoms with Gasteiger partial charge in [-0.3, -0.25) is 4.79 Å². The first-order chi connectivity index (χ1) is 15.3. The molecule has 1 nitrogen and oxygen atoms in total. The quantitative estimate of drug-likeness (QED) is 0.150. The Balaban J connectivity index is 1.37. The zero-order valence-electron chi connectivity index (χ0n) is 18.9. The zero-order chi connectivity index (χ0) is 21.7. The Morgan fingerprint density at radius 1 is 0.742 bits per heavy atom. The van der Waals surface area contributed by atoms with Crippen molar-refractivity contribution in [3.05, 3.63) is 44.6 Å². The molecule has 3 heterocycles. The normalized spacial score (nSPS) is 11.3. The van der Waals surface area contributed by atoms with Gasteiger partial charge in [0.1, 0.15) is 0 Å². The van der Waals surface area contributed by atoms with Crippen LogP contribution in [0, 0.1) is 0 Å². The highest BCUT2D eigenvalue weighted by Gasteiger charge is 2.17. The topological polar surface area (TPSA) is 17.1 Å². The number of ketones is 1. The van der Waals surface area contributed by atoms with E-state index in [2.05, 4.69) is 46.6 Å². The number of carbonyl (C=O) groups excluding carboxylic acids is 1. The van der Waals surface area contributed by atoms with Crippen molar-refractivity contribution in [1.82, 2.24) is 0 Å². The van der Waals surface area contributed by atoms with Crippen molar-refractivity contribution in [1.29, 1.82) is 0 Å². The van der Waals surface area contributed by atoms with Gasteiger partial charge in [0.15, 0.2) is 5.78 Å². The summed E-state index contributed by atoms with van der Waals surface area (Å²) in [7, 11) is 0. The standard InChI is InChI=1S/C27H36OS3/c1-2-3-4-5-6-7-8-9-10-11-12-13-14-25(28)26-19-24(22-15-17-29-20-22)27(31-26)23-16-18-30-21-23/h15-21H,2-14H2,1H3. The summed E-state index contributed by atoms with van der Waals surface area (Å²) in [4.78, 5) is 15.0. The SMILES string of the molecule is CCCCCCCCCCCCCCC(=O)c1cc(-c2ccsc2)c(-c2ccsc2)s1. The van der Waals surface area contributed by atoms with Gasteiger partial charge in [0.05, 0.1) is 4.88 Å². The van der Waals surface area contributed by atoms with Crippen LogP contribution >= 0.6 is 34.0 Å². The molecule has 0 radical (unpaired) electrons. The average Bonchev–Trinajstić information content (AvgIpc) is 3.55. The van der Waals surface area contributed by atoms with Gasteiger partial charge in [-0.25, -0.2) is 0 Å². The third-order valence-corrected chi connectivity index (χ3v) is 8.47. The first kappa shape index (κ1) is 24.4. The van der Waals surface area contributed by atoms with E-state index in [0.717, 1.165) is 11.3 Å². The van der Waals surface area contributed by atoms with Crippen molar-refractivity contribution in [2.24, 2.45) is 0 Å². The van der Waals surface area contributed by atoms with E-state index in [1.165, 1.54) is 92.2 Å². The third kappa shape index (κ3) is 8.00. The average molecular weight is 473 g/mol. The molecule has 0 unspecified atom stereocenters. The van der Waals surface area contributed by atoms with Gasteiger partial charge in [0, 0.05) is 22.4 Å². The van der Waals surface area contributed by atoms with Gasteiger partial charge >= 0.3 is 0 Å². The van der Waals surface area contributed by atoms with Crippen LogP contribution in [-0.2, 0) is 0 Å². The Morgan fingerprint density at radius 2 is 1.29 bits per heavy atom. The molecule has 31 heavy (non-hydrogen) atoms. The maximum absolute atomic E-state index is 12.8. The van der Waals surface area contributed by atoms with Crippen LogP contribution in [0.2, 0.25) is 0 Å². The highest BCUT2D eigenvalue weighted by atomic mass is 32.1. The molecule has 4 heteroatoms. The van der Waals surface area contributed by atoms with E-state index in [1.54, 1.807) is 34.0 Å². The molecule has 3 aromatic heterocycles. The monoisotopic (exact) mass is 472 g/mol. The van der Waals surface area contributed by atoms with Gasteiger partial charge in [0.25, 0.3) is 0 Å². The lowest BCUT2D eigenvalue weighted by Crippen LogP contribution is -1.95. The fraction of sp³-hybridized carbons (Fsp3) is 0.519. The largest absolute Gasteiger partial charge is 0.293 e. The van der Waals surface area contributed by atoms with Gasteiger partial charge in [-0.2, -0.15) is 22.7 Å². The predicted octanol–water partition coefficient (Wildman–Crippen LogP) is 10.5. The van der Waals surface area contributed by atoms with Gasteiger partial charge in [0.2, 0.25) is 0 Å². The van der Waals surface area contributed by atoms with E-state index in [0.29, 0.717) is 12.2 Å². The molecule has 0 saturated carbocycles. The number of unbranched alkanes of at least 4 members (excludes halogenated alkanes) is 11. The first-order valence-electron chi connectivity index (χ1n) is 12.0.